The van der Waals surface area contributed by atoms with Crippen molar-refractivity contribution < 1.29 is 13.9 Å². The number of hydrogen-bond donors (Lipinski definition) is 0. The summed E-state index contributed by atoms with van der Waals surface area (Å²) in [5.41, 5.74) is 2.58. The highest BCUT2D eigenvalue weighted by Crippen LogP contribution is 2.73. The van der Waals surface area contributed by atoms with E-state index < -0.39 is 0 Å². The van der Waals surface area contributed by atoms with Crippen molar-refractivity contribution in [3.63, 3.8) is 0 Å². The summed E-state index contributed by atoms with van der Waals surface area (Å²) in [6.07, 6.45) is 12.2. The lowest BCUT2D eigenvalue weighted by Crippen LogP contribution is -2.50. The number of hydrogen-bond acceptors (Lipinski definition) is 3. The summed E-state index contributed by atoms with van der Waals surface area (Å²) in [6, 6.07) is 2.25. The number of carbonyl (C=O) groups excluding carboxylic acids is 1. The average Bonchev–Trinajstić information content (AvgIpc) is 3.14. The Morgan fingerprint density at radius 2 is 2.12 bits per heavy atom. The van der Waals surface area contributed by atoms with Crippen LogP contribution >= 0.6 is 0 Å². The van der Waals surface area contributed by atoms with Crippen LogP contribution in [0.25, 0.3) is 0 Å². The van der Waals surface area contributed by atoms with Crippen LogP contribution in [0.2, 0.25) is 0 Å². The van der Waals surface area contributed by atoms with Crippen molar-refractivity contribution in [2.24, 2.45) is 28.1 Å². The first-order chi connectivity index (χ1) is 12.4. The van der Waals surface area contributed by atoms with Crippen molar-refractivity contribution in [3.8, 4) is 0 Å². The van der Waals surface area contributed by atoms with Crippen LogP contribution in [-0.4, -0.2) is 12.6 Å². The van der Waals surface area contributed by atoms with Gasteiger partial charge in [-0.2, -0.15) is 0 Å². The molecular formula is C23H32O3. The highest BCUT2D eigenvalue weighted by atomic mass is 16.5. The molecule has 26 heavy (non-hydrogen) atoms. The van der Waals surface area contributed by atoms with Crippen LogP contribution in [0.3, 0.4) is 0 Å². The molecule has 142 valence electrons. The third-order valence-corrected chi connectivity index (χ3v) is 9.11. The Hall–Kier alpha value is -1.25. The first-order valence-electron chi connectivity index (χ1n) is 10.6. The first kappa shape index (κ1) is 16.9. The summed E-state index contributed by atoms with van der Waals surface area (Å²) >= 11 is 0. The molecule has 1 heterocycles. The van der Waals surface area contributed by atoms with Crippen LogP contribution < -0.4 is 0 Å². The molecule has 0 aromatic carbocycles. The Labute approximate surface area is 156 Å². The minimum absolute atomic E-state index is 0.128. The van der Waals surface area contributed by atoms with Gasteiger partial charge in [0.15, 0.2) is 0 Å². The monoisotopic (exact) mass is 356 g/mol. The van der Waals surface area contributed by atoms with Gasteiger partial charge in [0, 0.05) is 18.8 Å². The molecule has 0 aliphatic heterocycles. The van der Waals surface area contributed by atoms with Crippen LogP contribution in [0.1, 0.15) is 83.0 Å². The number of furan rings is 1. The van der Waals surface area contributed by atoms with Crippen molar-refractivity contribution in [2.45, 2.75) is 78.1 Å². The third kappa shape index (κ3) is 2.15. The molecule has 0 N–H and O–H groups in total. The lowest BCUT2D eigenvalue weighted by Gasteiger charge is -2.59. The molecule has 4 aliphatic rings. The van der Waals surface area contributed by atoms with E-state index in [0.717, 1.165) is 18.3 Å². The standard InChI is InChI=1S/C23H32O3/c1-15(24)26-14-21(2)13-23-10-6-18-17-8-11-25-19(17)7-9-22(18,3)20(23)5-4-16(21)12-23/h8,11,16,18,20H,4-7,9-10,12-14H2,1-3H3/t16-,18?,20?,21-,22+,23+/m1/s1. The molecule has 1 aromatic rings. The van der Waals surface area contributed by atoms with Gasteiger partial charge in [-0.15, -0.1) is 0 Å². The molecule has 0 amide bonds. The highest BCUT2D eigenvalue weighted by Gasteiger charge is 2.65. The van der Waals surface area contributed by atoms with Crippen molar-refractivity contribution in [1.82, 2.24) is 0 Å². The van der Waals surface area contributed by atoms with Crippen LogP contribution in [0.5, 0.6) is 0 Å². The molecule has 5 rings (SSSR count). The van der Waals surface area contributed by atoms with Gasteiger partial charge < -0.3 is 9.15 Å². The molecule has 0 radical (unpaired) electrons. The minimum atomic E-state index is -0.128. The van der Waals surface area contributed by atoms with Gasteiger partial charge in [-0.25, -0.2) is 0 Å². The van der Waals surface area contributed by atoms with E-state index in [1.165, 1.54) is 56.3 Å². The highest BCUT2D eigenvalue weighted by molar-refractivity contribution is 5.65. The number of rotatable bonds is 2. The number of carbonyl (C=O) groups is 1. The van der Waals surface area contributed by atoms with Crippen LogP contribution in [0.15, 0.2) is 16.7 Å². The Kier molecular flexibility index (Phi) is 3.50. The molecule has 0 saturated heterocycles. The zero-order valence-corrected chi connectivity index (χ0v) is 16.5. The molecule has 2 bridgehead atoms. The summed E-state index contributed by atoms with van der Waals surface area (Å²) in [6.45, 7) is 7.14. The fourth-order valence-electron chi connectivity index (χ4n) is 8.09. The second-order valence-corrected chi connectivity index (χ2v) is 10.4. The smallest absolute Gasteiger partial charge is 0.302 e. The fraction of sp³-hybridized carbons (Fsp3) is 0.783. The van der Waals surface area contributed by atoms with Crippen molar-refractivity contribution >= 4 is 5.97 Å². The summed E-state index contributed by atoms with van der Waals surface area (Å²) < 4.78 is 11.3. The maximum absolute atomic E-state index is 11.4. The van der Waals surface area contributed by atoms with E-state index in [2.05, 4.69) is 19.9 Å². The van der Waals surface area contributed by atoms with Gasteiger partial charge in [-0.1, -0.05) is 13.8 Å². The number of aryl methyl sites for hydroxylation is 1. The lowest BCUT2D eigenvalue weighted by atomic mass is 9.45. The second kappa shape index (κ2) is 5.39. The van der Waals surface area contributed by atoms with E-state index in [-0.39, 0.29) is 11.4 Å². The van der Waals surface area contributed by atoms with Gasteiger partial charge in [-0.3, -0.25) is 4.79 Å². The van der Waals surface area contributed by atoms with Crippen molar-refractivity contribution in [1.29, 1.82) is 0 Å². The van der Waals surface area contributed by atoms with E-state index >= 15 is 0 Å². The molecule has 3 heteroatoms. The first-order valence-corrected chi connectivity index (χ1v) is 10.6. The van der Waals surface area contributed by atoms with Gasteiger partial charge in [0.25, 0.3) is 0 Å². The Morgan fingerprint density at radius 3 is 2.92 bits per heavy atom. The van der Waals surface area contributed by atoms with E-state index in [1.54, 1.807) is 6.92 Å². The molecule has 1 spiro atoms. The molecule has 3 nitrogen and oxygen atoms in total. The number of esters is 1. The summed E-state index contributed by atoms with van der Waals surface area (Å²) in [4.78, 5) is 11.4. The van der Waals surface area contributed by atoms with Crippen molar-refractivity contribution in [3.05, 3.63) is 23.7 Å². The summed E-state index contributed by atoms with van der Waals surface area (Å²) in [5.74, 6) is 3.34. The number of ether oxygens (including phenoxy) is 1. The van der Waals surface area contributed by atoms with Crippen LogP contribution in [0.4, 0.5) is 0 Å². The summed E-state index contributed by atoms with van der Waals surface area (Å²) in [7, 11) is 0. The topological polar surface area (TPSA) is 39.4 Å². The van der Waals surface area contributed by atoms with Gasteiger partial charge in [-0.05, 0) is 85.2 Å². The minimum Gasteiger partial charge on any atom is -0.469 e. The molecular weight excluding hydrogens is 324 g/mol. The fourth-order valence-corrected chi connectivity index (χ4v) is 8.09. The molecule has 4 aliphatic carbocycles. The molecule has 3 saturated carbocycles. The SMILES string of the molecule is CC(=O)OC[C@@]1(C)C[C@@]23CCC4c5ccoc5CC[C@]4(C)C2CC[C@@H]1C3. The van der Waals surface area contributed by atoms with Crippen LogP contribution in [0, 0.1) is 28.1 Å². The lowest BCUT2D eigenvalue weighted by molar-refractivity contribution is -0.145. The second-order valence-electron chi connectivity index (χ2n) is 10.4. The van der Waals surface area contributed by atoms with Crippen molar-refractivity contribution in [2.75, 3.05) is 6.61 Å². The molecule has 2 unspecified atom stereocenters. The van der Waals surface area contributed by atoms with E-state index in [4.69, 9.17) is 9.15 Å². The average molecular weight is 357 g/mol. The maximum atomic E-state index is 11.4. The molecule has 1 aromatic heterocycles. The largest absolute Gasteiger partial charge is 0.469 e. The number of fused-ring (bicyclic) bond motifs is 5. The van der Waals surface area contributed by atoms with Crippen LogP contribution in [-0.2, 0) is 16.0 Å². The predicted octanol–water partition coefficient (Wildman–Crippen LogP) is 5.49. The maximum Gasteiger partial charge on any atom is 0.302 e. The third-order valence-electron chi connectivity index (χ3n) is 9.11. The van der Waals surface area contributed by atoms with E-state index in [1.807, 2.05) is 6.26 Å². The Morgan fingerprint density at radius 1 is 1.27 bits per heavy atom. The van der Waals surface area contributed by atoms with Gasteiger partial charge in [0.05, 0.1) is 12.9 Å². The Balaban J connectivity index is 1.47. The van der Waals surface area contributed by atoms with Gasteiger partial charge >= 0.3 is 5.97 Å². The Bertz CT molecular complexity index is 736. The molecule has 3 fully saturated rings. The van der Waals surface area contributed by atoms with Gasteiger partial charge in [0.2, 0.25) is 0 Å². The van der Waals surface area contributed by atoms with E-state index in [9.17, 15) is 4.79 Å². The quantitative estimate of drug-likeness (QED) is 0.658. The summed E-state index contributed by atoms with van der Waals surface area (Å²) in [5, 5.41) is 0. The normalized spacial score (nSPS) is 46.2. The zero-order valence-electron chi connectivity index (χ0n) is 16.5. The predicted molar refractivity (Wildman–Crippen MR) is 99.7 cm³/mol. The van der Waals surface area contributed by atoms with E-state index in [0.29, 0.717) is 23.4 Å². The van der Waals surface area contributed by atoms with Gasteiger partial charge in [0.1, 0.15) is 5.76 Å². The molecule has 6 atom stereocenters. The zero-order chi connectivity index (χ0) is 18.2.